The summed E-state index contributed by atoms with van der Waals surface area (Å²) in [5.41, 5.74) is 0.598. The number of carbonyl (C=O) groups excluding carboxylic acids is 2. The Bertz CT molecular complexity index is 919. The molecule has 33 heavy (non-hydrogen) atoms. The van der Waals surface area contributed by atoms with Crippen molar-refractivity contribution in [3.8, 4) is 11.5 Å². The number of ether oxygens (including phenoxy) is 2. The van der Waals surface area contributed by atoms with Gasteiger partial charge in [0, 0.05) is 43.5 Å². The molecule has 0 saturated carbocycles. The number of anilines is 2. The number of hydrogen-bond donors (Lipinski definition) is 2. The van der Waals surface area contributed by atoms with E-state index in [0.29, 0.717) is 35.3 Å². The van der Waals surface area contributed by atoms with E-state index in [1.807, 2.05) is 19.1 Å². The summed E-state index contributed by atoms with van der Waals surface area (Å²) in [6, 6.07) is 8.95. The highest BCUT2D eigenvalue weighted by Crippen LogP contribution is 2.26. The van der Waals surface area contributed by atoms with Crippen molar-refractivity contribution in [3.05, 3.63) is 30.3 Å². The van der Waals surface area contributed by atoms with Crippen molar-refractivity contribution >= 4 is 35.1 Å². The maximum Gasteiger partial charge on any atom is 0.234 e. The molecule has 2 aromatic rings. The predicted octanol–water partition coefficient (Wildman–Crippen LogP) is 2.97. The summed E-state index contributed by atoms with van der Waals surface area (Å²) in [7, 11) is 3.12. The van der Waals surface area contributed by atoms with Gasteiger partial charge in [-0.15, -0.1) is 10.2 Å². The molecule has 1 unspecified atom stereocenters. The van der Waals surface area contributed by atoms with E-state index in [9.17, 15) is 9.59 Å². The summed E-state index contributed by atoms with van der Waals surface area (Å²) in [5.74, 6) is 2.06. The molecule has 178 valence electrons. The van der Waals surface area contributed by atoms with Crippen molar-refractivity contribution in [2.24, 2.45) is 5.92 Å². The minimum Gasteiger partial charge on any atom is -0.497 e. The molecule has 2 N–H and O–H groups in total. The van der Waals surface area contributed by atoms with Gasteiger partial charge in [0.25, 0.3) is 0 Å². The highest BCUT2D eigenvalue weighted by molar-refractivity contribution is 7.99. The molecule has 1 aliphatic heterocycles. The third kappa shape index (κ3) is 7.24. The first-order valence-corrected chi connectivity index (χ1v) is 12.0. The van der Waals surface area contributed by atoms with Gasteiger partial charge in [0.1, 0.15) is 16.5 Å². The molecule has 1 atom stereocenters. The molecular weight excluding hydrogens is 442 g/mol. The Balaban J connectivity index is 1.51. The maximum absolute atomic E-state index is 12.4. The zero-order valence-electron chi connectivity index (χ0n) is 19.3. The number of thioether (sulfide) groups is 1. The van der Waals surface area contributed by atoms with Crippen molar-refractivity contribution in [1.29, 1.82) is 0 Å². The van der Waals surface area contributed by atoms with Crippen molar-refractivity contribution in [2.45, 2.75) is 31.2 Å². The van der Waals surface area contributed by atoms with Crippen molar-refractivity contribution < 1.29 is 19.1 Å². The lowest BCUT2D eigenvalue weighted by molar-refractivity contribution is -0.125. The summed E-state index contributed by atoms with van der Waals surface area (Å²) in [6.45, 7) is 4.25. The van der Waals surface area contributed by atoms with Crippen molar-refractivity contribution in [3.63, 3.8) is 0 Å². The fourth-order valence-corrected chi connectivity index (χ4v) is 4.18. The molecule has 9 nitrogen and oxygen atoms in total. The lowest BCUT2D eigenvalue weighted by Crippen LogP contribution is -2.43. The fourth-order valence-electron chi connectivity index (χ4n) is 3.57. The first-order chi connectivity index (χ1) is 16.0. The highest BCUT2D eigenvalue weighted by atomic mass is 32.2. The molecule has 3 rings (SSSR count). The van der Waals surface area contributed by atoms with Gasteiger partial charge in [-0.05, 0) is 31.4 Å². The van der Waals surface area contributed by atoms with Crippen LogP contribution in [0.4, 0.5) is 11.5 Å². The minimum atomic E-state index is -0.168. The molecule has 2 heterocycles. The number of aromatic nitrogens is 2. The van der Waals surface area contributed by atoms with Crippen LogP contribution < -0.4 is 25.0 Å². The number of nitrogens with zero attached hydrogens (tertiary/aromatic N) is 3. The normalized spacial score (nSPS) is 15.6. The molecule has 0 aliphatic carbocycles. The first-order valence-electron chi connectivity index (χ1n) is 11.0. The standard InChI is InChI=1S/C23H31N5O4S/c1-4-9-24-23(30)16-6-5-10-28(14-16)20-7-8-22(27-26-20)33-15-21(29)25-17-11-18(31-2)13-19(12-17)32-3/h7-8,11-13,16H,4-6,9-10,14-15H2,1-3H3,(H,24,30)(H,25,29). The van der Waals surface area contributed by atoms with Crippen molar-refractivity contribution in [2.75, 3.05) is 49.8 Å². The van der Waals surface area contributed by atoms with Gasteiger partial charge in [0.2, 0.25) is 11.8 Å². The molecule has 1 fully saturated rings. The lowest BCUT2D eigenvalue weighted by Gasteiger charge is -2.32. The predicted molar refractivity (Wildman–Crippen MR) is 129 cm³/mol. The number of methoxy groups -OCH3 is 2. The van der Waals surface area contributed by atoms with Gasteiger partial charge < -0.3 is 25.0 Å². The number of benzene rings is 1. The van der Waals surface area contributed by atoms with Gasteiger partial charge in [-0.25, -0.2) is 0 Å². The van der Waals surface area contributed by atoms with Crippen molar-refractivity contribution in [1.82, 2.24) is 15.5 Å². The fraction of sp³-hybridized carbons (Fsp3) is 0.478. The van der Waals surface area contributed by atoms with E-state index in [2.05, 4.69) is 25.7 Å². The molecule has 0 bridgehead atoms. The van der Waals surface area contributed by atoms with Crippen LogP contribution in [-0.2, 0) is 9.59 Å². The van der Waals surface area contributed by atoms with E-state index in [-0.39, 0.29) is 23.5 Å². The first kappa shape index (κ1) is 24.6. The second-order valence-corrected chi connectivity index (χ2v) is 8.74. The average Bonchev–Trinajstić information content (AvgIpc) is 2.86. The summed E-state index contributed by atoms with van der Waals surface area (Å²) in [5, 5.41) is 15.1. The SMILES string of the molecule is CCCNC(=O)C1CCCN(c2ccc(SCC(=O)Nc3cc(OC)cc(OC)c3)nn2)C1. The average molecular weight is 474 g/mol. The molecule has 2 amide bonds. The lowest BCUT2D eigenvalue weighted by atomic mass is 9.97. The molecule has 1 aliphatic rings. The zero-order valence-corrected chi connectivity index (χ0v) is 20.1. The van der Waals surface area contributed by atoms with Crippen LogP contribution >= 0.6 is 11.8 Å². The Labute approximate surface area is 198 Å². The van der Waals surface area contributed by atoms with Crippen LogP contribution in [0.2, 0.25) is 0 Å². The van der Waals surface area contributed by atoms with E-state index in [4.69, 9.17) is 9.47 Å². The maximum atomic E-state index is 12.4. The van der Waals surface area contributed by atoms with Gasteiger partial charge >= 0.3 is 0 Å². The van der Waals surface area contributed by atoms with E-state index in [0.717, 1.165) is 31.6 Å². The number of nitrogens with one attached hydrogen (secondary N) is 2. The smallest absolute Gasteiger partial charge is 0.234 e. The van der Waals surface area contributed by atoms with Gasteiger partial charge in [-0.3, -0.25) is 9.59 Å². The van der Waals surface area contributed by atoms with Crippen LogP contribution in [0.3, 0.4) is 0 Å². The third-order valence-corrected chi connectivity index (χ3v) is 6.20. The molecule has 1 aromatic heterocycles. The minimum absolute atomic E-state index is 0.0277. The molecule has 10 heteroatoms. The Morgan fingerprint density at radius 1 is 1.15 bits per heavy atom. The Hall–Kier alpha value is -3.01. The molecular formula is C23H31N5O4S. The Kier molecular flexibility index (Phi) is 9.17. The number of carbonyl (C=O) groups is 2. The number of piperidine rings is 1. The number of amides is 2. The summed E-state index contributed by atoms with van der Waals surface area (Å²) < 4.78 is 10.5. The second-order valence-electron chi connectivity index (χ2n) is 7.74. The zero-order chi connectivity index (χ0) is 23.6. The number of hydrogen-bond acceptors (Lipinski definition) is 8. The van der Waals surface area contributed by atoms with Gasteiger partial charge in [0.05, 0.1) is 25.9 Å². The largest absolute Gasteiger partial charge is 0.497 e. The van der Waals surface area contributed by atoms with E-state index < -0.39 is 0 Å². The summed E-state index contributed by atoms with van der Waals surface area (Å²) >= 11 is 1.31. The van der Waals surface area contributed by atoms with Crippen LogP contribution in [0.5, 0.6) is 11.5 Å². The number of rotatable bonds is 10. The molecule has 1 saturated heterocycles. The summed E-state index contributed by atoms with van der Waals surface area (Å²) in [4.78, 5) is 26.8. The second kappa shape index (κ2) is 12.3. The topological polar surface area (TPSA) is 106 Å². The quantitative estimate of drug-likeness (QED) is 0.508. The van der Waals surface area contributed by atoms with Gasteiger partial charge in [-0.2, -0.15) is 0 Å². The molecule has 0 radical (unpaired) electrons. The van der Waals surface area contributed by atoms with E-state index in [1.54, 1.807) is 32.4 Å². The monoisotopic (exact) mass is 473 g/mol. The third-order valence-electron chi connectivity index (χ3n) is 5.28. The van der Waals surface area contributed by atoms with Crippen LogP contribution in [0, 0.1) is 5.92 Å². The van der Waals surface area contributed by atoms with E-state index in [1.165, 1.54) is 11.8 Å². The Morgan fingerprint density at radius 2 is 1.91 bits per heavy atom. The van der Waals surface area contributed by atoms with E-state index >= 15 is 0 Å². The molecule has 1 aromatic carbocycles. The van der Waals surface area contributed by atoms with Crippen LogP contribution in [0.1, 0.15) is 26.2 Å². The van der Waals surface area contributed by atoms with Crippen LogP contribution in [0.25, 0.3) is 0 Å². The molecule has 0 spiro atoms. The van der Waals surface area contributed by atoms with Crippen LogP contribution in [-0.4, -0.2) is 61.6 Å². The highest BCUT2D eigenvalue weighted by Gasteiger charge is 2.26. The summed E-state index contributed by atoms with van der Waals surface area (Å²) in [6.07, 6.45) is 2.76. The van der Waals surface area contributed by atoms with Gasteiger partial charge in [0.15, 0.2) is 5.82 Å². The van der Waals surface area contributed by atoms with Gasteiger partial charge in [-0.1, -0.05) is 18.7 Å². The Morgan fingerprint density at radius 3 is 2.55 bits per heavy atom. The van der Waals surface area contributed by atoms with Crippen LogP contribution in [0.15, 0.2) is 35.4 Å².